The molecule has 6 atom stereocenters. The maximum absolute atomic E-state index is 15.1. The highest BCUT2D eigenvalue weighted by atomic mass is 32.2. The molecule has 1 saturated heterocycles. The molecular weight excluding hydrogens is 630 g/mol. The van der Waals surface area contributed by atoms with Gasteiger partial charge in [0.25, 0.3) is 11.5 Å². The lowest BCUT2D eigenvalue weighted by atomic mass is 9.45. The third-order valence-electron chi connectivity index (χ3n) is 10.9. The van der Waals surface area contributed by atoms with Crippen molar-refractivity contribution in [1.29, 1.82) is 0 Å². The Morgan fingerprint density at radius 2 is 1.90 bits per heavy atom. The number of nitrogens with zero attached hydrogens (tertiary/aromatic N) is 1. The molecule has 9 nitrogen and oxygen atoms in total. The van der Waals surface area contributed by atoms with Crippen molar-refractivity contribution in [3.8, 4) is 0 Å². The van der Waals surface area contributed by atoms with E-state index in [1.54, 1.807) is 30.0 Å². The summed E-state index contributed by atoms with van der Waals surface area (Å²) < 4.78 is 28.4. The first-order chi connectivity index (χ1) is 22.8. The van der Waals surface area contributed by atoms with Gasteiger partial charge in [-0.15, -0.1) is 0 Å². The highest BCUT2D eigenvalue weighted by molar-refractivity contribution is 7.98. The molecule has 3 aromatic rings. The number of hydrogen-bond acceptors (Lipinski definition) is 7. The number of carbonyl (C=O) groups excluding carboxylic acids is 2. The fraction of sp³-hybridized carbons (Fsp3) is 0.556. The van der Waals surface area contributed by atoms with E-state index in [2.05, 4.69) is 55.4 Å². The lowest BCUT2D eigenvalue weighted by Gasteiger charge is -2.63. The summed E-state index contributed by atoms with van der Waals surface area (Å²) in [5, 5.41) is 13.9. The number of H-pyrrole nitrogens is 1. The number of benzene rings is 2. The zero-order valence-corrected chi connectivity index (χ0v) is 29.4. The van der Waals surface area contributed by atoms with Crippen LogP contribution >= 0.6 is 11.8 Å². The molecule has 2 aromatic carbocycles. The second kappa shape index (κ2) is 13.6. The van der Waals surface area contributed by atoms with Crippen LogP contribution in [0.5, 0.6) is 0 Å². The Hall–Kier alpha value is -3.22. The van der Waals surface area contributed by atoms with E-state index in [1.165, 1.54) is 12.1 Å². The summed E-state index contributed by atoms with van der Waals surface area (Å²) in [6.07, 6.45) is 5.27. The van der Waals surface area contributed by atoms with Crippen molar-refractivity contribution in [2.24, 2.45) is 23.2 Å². The smallest absolute Gasteiger partial charge is 0.404 e. The van der Waals surface area contributed by atoms with Gasteiger partial charge in [-0.2, -0.15) is 16.9 Å². The molecular formula is C36H46BFN4O5S. The lowest BCUT2D eigenvalue weighted by molar-refractivity contribution is -0.185. The van der Waals surface area contributed by atoms with Crippen molar-refractivity contribution in [3.63, 3.8) is 0 Å². The molecule has 1 aromatic heterocycles. The molecule has 0 unspecified atom stereocenters. The van der Waals surface area contributed by atoms with Crippen molar-refractivity contribution < 1.29 is 23.3 Å². The van der Waals surface area contributed by atoms with Gasteiger partial charge < -0.3 is 19.9 Å². The summed E-state index contributed by atoms with van der Waals surface area (Å²) in [7, 11) is -0.592. The molecule has 4 fully saturated rings. The van der Waals surface area contributed by atoms with Gasteiger partial charge in [-0.3, -0.25) is 14.4 Å². The third-order valence-corrected chi connectivity index (χ3v) is 11.5. The number of aromatic amines is 1. The van der Waals surface area contributed by atoms with Crippen LogP contribution < -0.4 is 16.2 Å². The molecule has 256 valence electrons. The highest BCUT2D eigenvalue weighted by Crippen LogP contribution is 2.64. The molecule has 2 heterocycles. The number of rotatable bonds is 12. The Morgan fingerprint density at radius 1 is 1.15 bits per heavy atom. The lowest BCUT2D eigenvalue weighted by Crippen LogP contribution is -2.63. The molecule has 4 aliphatic rings. The van der Waals surface area contributed by atoms with Gasteiger partial charge in [-0.05, 0) is 91.5 Å². The maximum atomic E-state index is 15.1. The molecule has 3 N–H and O–H groups in total. The van der Waals surface area contributed by atoms with Crippen molar-refractivity contribution in [2.45, 2.75) is 90.4 Å². The van der Waals surface area contributed by atoms with E-state index in [0.29, 0.717) is 52.5 Å². The maximum Gasteiger partial charge on any atom is 0.481 e. The normalized spacial score (nSPS) is 25.3. The summed E-state index contributed by atoms with van der Waals surface area (Å²) in [6.45, 7) is 11.0. The Bertz CT molecular complexity index is 1750. The number of fused-ring (bicyclic) bond motifs is 1. The molecule has 0 spiro atoms. The van der Waals surface area contributed by atoms with Crippen LogP contribution in [0.3, 0.4) is 0 Å². The van der Waals surface area contributed by atoms with E-state index in [9.17, 15) is 14.4 Å². The topological polar surface area (TPSA) is 122 Å². The minimum Gasteiger partial charge on any atom is -0.404 e. The molecule has 3 saturated carbocycles. The highest BCUT2D eigenvalue weighted by Gasteiger charge is 2.67. The van der Waals surface area contributed by atoms with E-state index in [0.717, 1.165) is 12.8 Å². The predicted molar refractivity (Wildman–Crippen MR) is 187 cm³/mol. The van der Waals surface area contributed by atoms with Crippen molar-refractivity contribution in [1.82, 2.24) is 20.8 Å². The van der Waals surface area contributed by atoms with E-state index in [-0.39, 0.29) is 46.5 Å². The first-order valence-electron chi connectivity index (χ1n) is 17.0. The van der Waals surface area contributed by atoms with Gasteiger partial charge >= 0.3 is 7.12 Å². The van der Waals surface area contributed by atoms with Crippen molar-refractivity contribution in [2.75, 3.05) is 12.0 Å². The van der Waals surface area contributed by atoms with Crippen LogP contribution in [-0.4, -0.2) is 64.8 Å². The van der Waals surface area contributed by atoms with Gasteiger partial charge in [-0.25, -0.2) is 9.49 Å². The number of halogens is 1. The van der Waals surface area contributed by atoms with Crippen molar-refractivity contribution >= 4 is 41.5 Å². The van der Waals surface area contributed by atoms with Crippen LogP contribution in [0, 0.1) is 29.0 Å². The fourth-order valence-corrected chi connectivity index (χ4v) is 8.51. The number of amides is 2. The summed E-state index contributed by atoms with van der Waals surface area (Å²) in [5.74, 6) is -0.232. The second-order valence-electron chi connectivity index (χ2n) is 15.0. The number of aromatic nitrogens is 2. The number of thioether (sulfide) groups is 1. The molecule has 1 aliphatic heterocycles. The average Bonchev–Trinajstić information content (AvgIpc) is 3.42. The third kappa shape index (κ3) is 6.68. The standard InChI is InChI=1S/C36H46BFN4O5S/c1-20(2)15-30(37-46-31-26-18-22(35(26,3)4)19-36(31,5)47-37)40-34(45)28(13-14-48-6)39-32(43)25-16-21(11-12-27(25)38)17-29-23-9-7-8-10-24(23)33(44)42-41-29/h7-12,16,20,22,26,28,30-31H,13-15,17-19H2,1-6H3,(H,39,43)(H,40,45)(H,42,44)/t22-,26+,28-,30-,31-,36+/m0/s1. The van der Waals surface area contributed by atoms with Crippen LogP contribution in [0.1, 0.15) is 81.9 Å². The van der Waals surface area contributed by atoms with Crippen molar-refractivity contribution in [3.05, 3.63) is 75.5 Å². The number of nitrogens with one attached hydrogen (secondary N) is 3. The Kier molecular flexibility index (Phi) is 9.81. The Labute approximate surface area is 286 Å². The number of hydrogen-bond donors (Lipinski definition) is 3. The zero-order valence-electron chi connectivity index (χ0n) is 28.6. The quantitative estimate of drug-likeness (QED) is 0.223. The molecule has 3 aliphatic carbocycles. The Morgan fingerprint density at radius 3 is 2.60 bits per heavy atom. The summed E-state index contributed by atoms with van der Waals surface area (Å²) in [5.41, 5.74) is 0.603. The summed E-state index contributed by atoms with van der Waals surface area (Å²) >= 11 is 1.56. The van der Waals surface area contributed by atoms with Crippen LogP contribution in [0.4, 0.5) is 4.39 Å². The molecule has 0 radical (unpaired) electrons. The van der Waals surface area contributed by atoms with E-state index < -0.39 is 30.8 Å². The first kappa shape index (κ1) is 34.6. The monoisotopic (exact) mass is 676 g/mol. The average molecular weight is 677 g/mol. The van der Waals surface area contributed by atoms with Gasteiger partial charge in [0.1, 0.15) is 11.9 Å². The fourth-order valence-electron chi connectivity index (χ4n) is 8.04. The molecule has 48 heavy (non-hydrogen) atoms. The van der Waals surface area contributed by atoms with Crippen LogP contribution in [0.2, 0.25) is 0 Å². The van der Waals surface area contributed by atoms with Crippen LogP contribution in [0.15, 0.2) is 47.3 Å². The molecule has 2 bridgehead atoms. The summed E-state index contributed by atoms with van der Waals surface area (Å²) in [4.78, 5) is 39.7. The predicted octanol–water partition coefficient (Wildman–Crippen LogP) is 5.30. The minimum absolute atomic E-state index is 0.0272. The largest absolute Gasteiger partial charge is 0.481 e. The van der Waals surface area contributed by atoms with Gasteiger partial charge in [0.2, 0.25) is 5.91 Å². The van der Waals surface area contributed by atoms with Gasteiger partial charge in [0.05, 0.1) is 34.3 Å². The van der Waals surface area contributed by atoms with E-state index >= 15 is 4.39 Å². The van der Waals surface area contributed by atoms with E-state index in [1.807, 2.05) is 18.4 Å². The van der Waals surface area contributed by atoms with E-state index in [4.69, 9.17) is 9.31 Å². The van der Waals surface area contributed by atoms with Gasteiger partial charge in [-0.1, -0.05) is 52.0 Å². The Balaban J connectivity index is 1.18. The SMILES string of the molecule is CSCC[C@H](NC(=O)c1cc(Cc2n[nH]c(=O)c3ccccc23)ccc1F)C(=O)N[C@@H](CC(C)C)B1O[C@H]2[C@H]3C[C@@H](C[C@@]2(C)O1)C3(C)C. The second-order valence-corrected chi connectivity index (χ2v) is 16.0. The first-order valence-corrected chi connectivity index (χ1v) is 18.4. The number of carbonyl (C=O) groups is 2. The molecule has 2 amide bonds. The van der Waals surface area contributed by atoms with Crippen LogP contribution in [0.25, 0.3) is 10.8 Å². The minimum atomic E-state index is -0.890. The van der Waals surface area contributed by atoms with Gasteiger partial charge in [0.15, 0.2) is 0 Å². The zero-order chi connectivity index (χ0) is 34.4. The summed E-state index contributed by atoms with van der Waals surface area (Å²) in [6, 6.07) is 10.6. The molecule has 12 heteroatoms. The van der Waals surface area contributed by atoms with Gasteiger partial charge in [0, 0.05) is 11.8 Å². The van der Waals surface area contributed by atoms with Crippen LogP contribution in [-0.2, 0) is 20.5 Å². The molecule has 7 rings (SSSR count).